The molecule has 3 rings (SSSR count). The maximum atomic E-state index is 12.7. The van der Waals surface area contributed by atoms with Crippen LogP contribution in [0.3, 0.4) is 0 Å². The number of nitrogens with zero attached hydrogens (tertiary/aromatic N) is 1. The molecular formula is C21H22ClNO3. The number of rotatable bonds is 5. The molecule has 136 valence electrons. The standard InChI is InChI=1S/C21H22ClNO3/c22-18-13-16(9-11-20(18)25)21(26)23-12-4-7-17(14-23)19(24)10-8-15-5-2-1-3-6-15/h1-3,5-6,9,11,13,17,25H,4,7-8,10,12,14H2/t17-/m0/s1. The van der Waals surface area contributed by atoms with Crippen molar-refractivity contribution in [3.05, 3.63) is 64.7 Å². The quantitative estimate of drug-likeness (QED) is 0.860. The van der Waals surface area contributed by atoms with E-state index in [-0.39, 0.29) is 28.4 Å². The monoisotopic (exact) mass is 371 g/mol. The number of phenols is 1. The third-order valence-electron chi connectivity index (χ3n) is 4.86. The van der Waals surface area contributed by atoms with Gasteiger partial charge in [0.1, 0.15) is 11.5 Å². The second-order valence-corrected chi connectivity index (χ2v) is 7.12. The van der Waals surface area contributed by atoms with Gasteiger partial charge in [-0.15, -0.1) is 0 Å². The molecule has 0 spiro atoms. The van der Waals surface area contributed by atoms with Gasteiger partial charge >= 0.3 is 0 Å². The first kappa shape index (κ1) is 18.5. The maximum Gasteiger partial charge on any atom is 0.253 e. The van der Waals surface area contributed by atoms with E-state index in [2.05, 4.69) is 0 Å². The number of aromatic hydroxyl groups is 1. The van der Waals surface area contributed by atoms with Crippen molar-refractivity contribution in [3.8, 4) is 5.75 Å². The van der Waals surface area contributed by atoms with E-state index in [0.29, 0.717) is 25.1 Å². The number of Topliss-reactive ketones (excluding diaryl/α,β-unsaturated/α-hetero) is 1. The normalized spacial score (nSPS) is 17.1. The van der Waals surface area contributed by atoms with Crippen molar-refractivity contribution in [2.45, 2.75) is 25.7 Å². The average molecular weight is 372 g/mol. The summed E-state index contributed by atoms with van der Waals surface area (Å²) >= 11 is 5.90. The number of benzene rings is 2. The molecule has 1 aliphatic rings. The van der Waals surface area contributed by atoms with Gasteiger partial charge < -0.3 is 10.0 Å². The molecular weight excluding hydrogens is 350 g/mol. The van der Waals surface area contributed by atoms with Gasteiger partial charge in [0.15, 0.2) is 0 Å². The first-order valence-corrected chi connectivity index (χ1v) is 9.27. The van der Waals surface area contributed by atoms with Gasteiger partial charge in [-0.05, 0) is 43.0 Å². The van der Waals surface area contributed by atoms with E-state index in [1.54, 1.807) is 11.0 Å². The Morgan fingerprint density at radius 3 is 2.65 bits per heavy atom. The Morgan fingerprint density at radius 2 is 1.92 bits per heavy atom. The largest absolute Gasteiger partial charge is 0.506 e. The summed E-state index contributed by atoms with van der Waals surface area (Å²) in [6.07, 6.45) is 2.88. The number of hydrogen-bond acceptors (Lipinski definition) is 3. The smallest absolute Gasteiger partial charge is 0.253 e. The van der Waals surface area contributed by atoms with E-state index < -0.39 is 0 Å². The number of ketones is 1. The maximum absolute atomic E-state index is 12.7. The highest BCUT2D eigenvalue weighted by atomic mass is 35.5. The van der Waals surface area contributed by atoms with Crippen molar-refractivity contribution in [2.24, 2.45) is 5.92 Å². The summed E-state index contributed by atoms with van der Waals surface area (Å²) in [5, 5.41) is 9.66. The van der Waals surface area contributed by atoms with E-state index in [4.69, 9.17) is 11.6 Å². The van der Waals surface area contributed by atoms with Crippen LogP contribution in [0.1, 0.15) is 35.2 Å². The number of hydrogen-bond donors (Lipinski definition) is 1. The molecule has 0 aromatic heterocycles. The van der Waals surface area contributed by atoms with Crippen LogP contribution in [-0.4, -0.2) is 34.8 Å². The second kappa shape index (κ2) is 8.37. The Hall–Kier alpha value is -2.33. The van der Waals surface area contributed by atoms with Crippen molar-refractivity contribution < 1.29 is 14.7 Å². The fourth-order valence-electron chi connectivity index (χ4n) is 3.36. The highest BCUT2D eigenvalue weighted by Gasteiger charge is 2.28. The molecule has 1 fully saturated rings. The van der Waals surface area contributed by atoms with Crippen LogP contribution >= 0.6 is 11.6 Å². The van der Waals surface area contributed by atoms with Crippen LogP contribution in [0.5, 0.6) is 5.75 Å². The molecule has 4 nitrogen and oxygen atoms in total. The number of likely N-dealkylation sites (tertiary alicyclic amines) is 1. The van der Waals surface area contributed by atoms with Crippen LogP contribution in [0.25, 0.3) is 0 Å². The minimum Gasteiger partial charge on any atom is -0.506 e. The summed E-state index contributed by atoms with van der Waals surface area (Å²) in [6, 6.07) is 14.4. The summed E-state index contributed by atoms with van der Waals surface area (Å²) in [5.74, 6) is -0.0811. The third-order valence-corrected chi connectivity index (χ3v) is 5.16. The molecule has 1 N–H and O–H groups in total. The molecule has 0 radical (unpaired) electrons. The predicted molar refractivity (Wildman–Crippen MR) is 102 cm³/mol. The zero-order valence-corrected chi connectivity index (χ0v) is 15.3. The summed E-state index contributed by atoms with van der Waals surface area (Å²) in [4.78, 5) is 27.0. The molecule has 1 saturated heterocycles. The Bertz CT molecular complexity index is 791. The SMILES string of the molecule is O=C(CCc1ccccc1)[C@H]1CCCN(C(=O)c2ccc(O)c(Cl)c2)C1. The van der Waals surface area contributed by atoms with E-state index in [9.17, 15) is 14.7 Å². The molecule has 0 saturated carbocycles. The van der Waals surface area contributed by atoms with Gasteiger partial charge in [0, 0.05) is 31.0 Å². The van der Waals surface area contributed by atoms with Crippen molar-refractivity contribution in [1.29, 1.82) is 0 Å². The van der Waals surface area contributed by atoms with E-state index in [1.165, 1.54) is 12.1 Å². The number of aryl methyl sites for hydroxylation is 1. The molecule has 1 amide bonds. The predicted octanol–water partition coefficient (Wildman–Crippen LogP) is 4.10. The van der Waals surface area contributed by atoms with Crippen LogP contribution in [-0.2, 0) is 11.2 Å². The topological polar surface area (TPSA) is 57.6 Å². The molecule has 1 aliphatic heterocycles. The number of carbonyl (C=O) groups excluding carboxylic acids is 2. The van der Waals surface area contributed by atoms with Gasteiger partial charge in [-0.25, -0.2) is 0 Å². The molecule has 0 aliphatic carbocycles. The Balaban J connectivity index is 1.60. The fraction of sp³-hybridized carbons (Fsp3) is 0.333. The highest BCUT2D eigenvalue weighted by molar-refractivity contribution is 6.32. The second-order valence-electron chi connectivity index (χ2n) is 6.71. The Morgan fingerprint density at radius 1 is 1.15 bits per heavy atom. The van der Waals surface area contributed by atoms with Crippen molar-refractivity contribution >= 4 is 23.3 Å². The van der Waals surface area contributed by atoms with Gasteiger partial charge in [-0.2, -0.15) is 0 Å². The van der Waals surface area contributed by atoms with Crippen LogP contribution in [0.4, 0.5) is 0 Å². The molecule has 26 heavy (non-hydrogen) atoms. The summed E-state index contributed by atoms with van der Waals surface area (Å²) in [6.45, 7) is 1.09. The Kier molecular flexibility index (Phi) is 5.94. The molecule has 2 aromatic carbocycles. The third kappa shape index (κ3) is 4.44. The molecule has 0 unspecified atom stereocenters. The minimum absolute atomic E-state index is 0.0455. The first-order chi connectivity index (χ1) is 12.5. The lowest BCUT2D eigenvalue weighted by Gasteiger charge is -2.32. The van der Waals surface area contributed by atoms with Crippen molar-refractivity contribution in [3.63, 3.8) is 0 Å². The first-order valence-electron chi connectivity index (χ1n) is 8.89. The van der Waals surface area contributed by atoms with Gasteiger partial charge in [0.05, 0.1) is 5.02 Å². The van der Waals surface area contributed by atoms with Crippen LogP contribution in [0.2, 0.25) is 5.02 Å². The lowest BCUT2D eigenvalue weighted by atomic mass is 9.90. The number of halogens is 1. The molecule has 1 heterocycles. The summed E-state index contributed by atoms with van der Waals surface area (Å²) in [7, 11) is 0. The summed E-state index contributed by atoms with van der Waals surface area (Å²) in [5.41, 5.74) is 1.59. The number of carbonyl (C=O) groups is 2. The average Bonchev–Trinajstić information content (AvgIpc) is 2.68. The van der Waals surface area contributed by atoms with E-state index in [0.717, 1.165) is 24.8 Å². The molecule has 1 atom stereocenters. The number of piperidine rings is 1. The van der Waals surface area contributed by atoms with E-state index >= 15 is 0 Å². The zero-order chi connectivity index (χ0) is 18.5. The molecule has 5 heteroatoms. The highest BCUT2D eigenvalue weighted by Crippen LogP contribution is 2.26. The number of amides is 1. The fourth-order valence-corrected chi connectivity index (χ4v) is 3.54. The van der Waals surface area contributed by atoms with Crippen LogP contribution in [0, 0.1) is 5.92 Å². The lowest BCUT2D eigenvalue weighted by molar-refractivity contribution is -0.124. The molecule has 2 aromatic rings. The number of phenolic OH excluding ortho intramolecular Hbond substituents is 1. The van der Waals surface area contributed by atoms with E-state index in [1.807, 2.05) is 30.3 Å². The lowest BCUT2D eigenvalue weighted by Crippen LogP contribution is -2.42. The Labute approximate surface area is 158 Å². The minimum atomic E-state index is -0.146. The van der Waals surface area contributed by atoms with Crippen molar-refractivity contribution in [2.75, 3.05) is 13.1 Å². The van der Waals surface area contributed by atoms with Gasteiger partial charge in [0.25, 0.3) is 5.91 Å². The van der Waals surface area contributed by atoms with Crippen LogP contribution in [0.15, 0.2) is 48.5 Å². The van der Waals surface area contributed by atoms with Gasteiger partial charge in [-0.3, -0.25) is 9.59 Å². The summed E-state index contributed by atoms with van der Waals surface area (Å²) < 4.78 is 0. The van der Waals surface area contributed by atoms with Gasteiger partial charge in [0.2, 0.25) is 0 Å². The zero-order valence-electron chi connectivity index (χ0n) is 14.5. The molecule has 0 bridgehead atoms. The van der Waals surface area contributed by atoms with Crippen LogP contribution < -0.4 is 0 Å². The van der Waals surface area contributed by atoms with Crippen molar-refractivity contribution in [1.82, 2.24) is 4.90 Å². The van der Waals surface area contributed by atoms with Gasteiger partial charge in [-0.1, -0.05) is 41.9 Å².